The van der Waals surface area contributed by atoms with Crippen molar-refractivity contribution in [2.75, 3.05) is 76.2 Å². The van der Waals surface area contributed by atoms with Crippen LogP contribution in [0.1, 0.15) is 96.7 Å². The average molecular weight is 1060 g/mol. The second-order valence-electron chi connectivity index (χ2n) is 23.7. The second kappa shape index (κ2) is 21.9. The number of carbonyl (C=O) groups excluding carboxylic acids is 4. The number of piperidine rings is 1. The number of piperazine rings is 1. The van der Waals surface area contributed by atoms with Gasteiger partial charge in [0.05, 0.1) is 52.3 Å². The van der Waals surface area contributed by atoms with Crippen molar-refractivity contribution in [3.8, 4) is 27.4 Å². The highest BCUT2D eigenvalue weighted by Crippen LogP contribution is 2.55. The number of ether oxygens (including phenoxy) is 1. The Morgan fingerprint density at radius 3 is 2.32 bits per heavy atom. The topological polar surface area (TPSA) is 209 Å². The molecule has 0 radical (unpaired) electrons. The Hall–Kier alpha value is -5.89. The van der Waals surface area contributed by atoms with Gasteiger partial charge in [-0.25, -0.2) is 9.78 Å². The van der Waals surface area contributed by atoms with Crippen LogP contribution in [0.15, 0.2) is 60.1 Å². The number of morpholine rings is 1. The molecule has 4 aliphatic heterocycles. The van der Waals surface area contributed by atoms with E-state index in [0.29, 0.717) is 62.4 Å². The van der Waals surface area contributed by atoms with Gasteiger partial charge in [0.15, 0.2) is 5.82 Å². The maximum atomic E-state index is 14.4. The predicted molar refractivity (Wildman–Crippen MR) is 293 cm³/mol. The molecule has 2 saturated carbocycles. The number of carbonyl (C=O) groups is 4. The van der Waals surface area contributed by atoms with Crippen molar-refractivity contribution in [3.05, 3.63) is 71.4 Å². The fourth-order valence-corrected chi connectivity index (χ4v) is 13.8. The Balaban J connectivity index is 0.671. The number of aliphatic hydroxyl groups is 1. The van der Waals surface area contributed by atoms with Crippen LogP contribution in [0.4, 0.5) is 16.3 Å². The van der Waals surface area contributed by atoms with Gasteiger partial charge >= 0.3 is 6.03 Å². The standard InChI is InChI=1S/C57H77N11O7S/c1-36-32-65(23-24-67(36)45-28-44(62-63-50(45)58-6)43-9-7-8-10-47(43)70)54(74)66-25-26-75-57(34-66)19-21-64(22-20-57)41-29-56(30-41)17-15-40(16-18-56)51(71)61-49(55(3,4)5)53(73)68-33-42(69)27-46(68)52(72)59-31-38-11-13-39(14-12-38)48-37(2)60-35-76-48/h7-14,28,35-36,40-42,46,49,69-70H,15-27,29-34H2,1-6H3,(H,58,63)(H,59,72)(H,61,71)/t36-,40?,41?,42+,46-,49+,56?/m0/s1. The molecule has 4 atom stereocenters. The van der Waals surface area contributed by atoms with Crippen LogP contribution in [0.25, 0.3) is 21.7 Å². The van der Waals surface area contributed by atoms with E-state index in [1.54, 1.807) is 23.5 Å². The number of amides is 5. The quantitative estimate of drug-likeness (QED) is 0.112. The summed E-state index contributed by atoms with van der Waals surface area (Å²) in [5.74, 6) is -0.171. The largest absolute Gasteiger partial charge is 0.507 e. The van der Waals surface area contributed by atoms with E-state index in [9.17, 15) is 29.4 Å². The average Bonchev–Trinajstić information content (AvgIpc) is 4.05. The number of thiazole rings is 1. The molecular formula is C57H77N11O7S. The molecule has 19 heteroatoms. The van der Waals surface area contributed by atoms with Gasteiger partial charge in [0.1, 0.15) is 17.8 Å². The molecule has 6 heterocycles. The van der Waals surface area contributed by atoms with E-state index in [2.05, 4.69) is 47.9 Å². The number of benzene rings is 2. The summed E-state index contributed by atoms with van der Waals surface area (Å²) in [6, 6.07) is 16.0. The number of aromatic nitrogens is 3. The lowest BCUT2D eigenvalue weighted by Crippen LogP contribution is -2.63. The smallest absolute Gasteiger partial charge is 0.320 e. The summed E-state index contributed by atoms with van der Waals surface area (Å²) < 4.78 is 6.55. The molecule has 4 aromatic rings. The number of anilines is 2. The van der Waals surface area contributed by atoms with Crippen LogP contribution in [-0.4, -0.2) is 171 Å². The monoisotopic (exact) mass is 1060 g/mol. The third-order valence-corrected chi connectivity index (χ3v) is 18.6. The molecule has 76 heavy (non-hydrogen) atoms. The molecule has 5 N–H and O–H groups in total. The highest BCUT2D eigenvalue weighted by Gasteiger charge is 2.52. The van der Waals surface area contributed by atoms with Gasteiger partial charge in [-0.05, 0) is 105 Å². The molecule has 4 saturated heterocycles. The summed E-state index contributed by atoms with van der Waals surface area (Å²) >= 11 is 1.59. The van der Waals surface area contributed by atoms with Crippen molar-refractivity contribution in [2.45, 2.75) is 135 Å². The number of hydrogen-bond acceptors (Lipinski definition) is 14. The maximum Gasteiger partial charge on any atom is 0.320 e. The molecule has 5 amide bonds. The predicted octanol–water partition coefficient (Wildman–Crippen LogP) is 6.27. The zero-order chi connectivity index (χ0) is 53.5. The van der Waals surface area contributed by atoms with Gasteiger partial charge in [0, 0.05) is 89.4 Å². The molecule has 6 aliphatic rings. The number of phenolic OH excluding ortho intramolecular Hbond substituents is 1. The van der Waals surface area contributed by atoms with Crippen LogP contribution < -0.4 is 20.9 Å². The number of hydrogen-bond donors (Lipinski definition) is 5. The number of urea groups is 1. The van der Waals surface area contributed by atoms with Crippen molar-refractivity contribution in [3.63, 3.8) is 0 Å². The van der Waals surface area contributed by atoms with E-state index < -0.39 is 23.6 Å². The van der Waals surface area contributed by atoms with Gasteiger partial charge in [0.2, 0.25) is 17.7 Å². The molecule has 2 aromatic heterocycles. The summed E-state index contributed by atoms with van der Waals surface area (Å²) in [6.07, 6.45) is 6.80. The number of β-amino-alcohol motifs (C(OH)–C–C–N with tert-alkyl or cyclic N) is 1. The van der Waals surface area contributed by atoms with Gasteiger partial charge in [-0.15, -0.1) is 21.5 Å². The zero-order valence-electron chi connectivity index (χ0n) is 45.1. The Morgan fingerprint density at radius 1 is 0.908 bits per heavy atom. The summed E-state index contributed by atoms with van der Waals surface area (Å²) in [5, 5.41) is 39.4. The van der Waals surface area contributed by atoms with Gasteiger partial charge in [-0.1, -0.05) is 57.2 Å². The number of aromatic hydroxyl groups is 1. The Morgan fingerprint density at radius 2 is 1.64 bits per heavy atom. The minimum Gasteiger partial charge on any atom is -0.507 e. The van der Waals surface area contributed by atoms with Crippen LogP contribution in [0.5, 0.6) is 5.75 Å². The number of nitrogens with zero attached hydrogens (tertiary/aromatic N) is 8. The highest BCUT2D eigenvalue weighted by molar-refractivity contribution is 7.13. The van der Waals surface area contributed by atoms with Crippen LogP contribution in [0, 0.1) is 23.7 Å². The molecule has 2 aliphatic carbocycles. The first-order valence-electron chi connectivity index (χ1n) is 27.5. The van der Waals surface area contributed by atoms with Gasteiger partial charge in [0.25, 0.3) is 0 Å². The molecule has 2 spiro atoms. The fraction of sp³-hybridized carbons (Fsp3) is 0.596. The summed E-state index contributed by atoms with van der Waals surface area (Å²) in [5.41, 5.74) is 6.13. The minimum absolute atomic E-state index is 0.0208. The fourth-order valence-electron chi connectivity index (χ4n) is 13.0. The van der Waals surface area contributed by atoms with Crippen LogP contribution in [0.2, 0.25) is 0 Å². The SMILES string of the molecule is CNc1nnc(-c2ccccc2O)cc1N1CCN(C(=O)N2CCOC3(CCN(C4CC5(CCC(C(=O)N[C@H](C(=O)N6C[C@H](O)C[C@H]6C(=O)NCc6ccc(-c7scnc7C)cc6)C(C)(C)C)CC5)C4)CC3)C2)C[C@@H]1C. The third-order valence-electron chi connectivity index (χ3n) is 17.6. The molecule has 408 valence electrons. The van der Waals surface area contributed by atoms with Gasteiger partial charge in [-0.3, -0.25) is 14.4 Å². The number of aliphatic hydroxyl groups excluding tert-OH is 1. The first-order valence-corrected chi connectivity index (χ1v) is 28.4. The summed E-state index contributed by atoms with van der Waals surface area (Å²) in [7, 11) is 1.82. The van der Waals surface area contributed by atoms with Crippen LogP contribution in [0.3, 0.4) is 0 Å². The Bertz CT molecular complexity index is 2740. The van der Waals surface area contributed by atoms with E-state index >= 15 is 0 Å². The molecular weight excluding hydrogens is 983 g/mol. The number of para-hydroxylation sites is 1. The van der Waals surface area contributed by atoms with Crippen molar-refractivity contribution >= 4 is 46.6 Å². The van der Waals surface area contributed by atoms with Gasteiger partial charge in [-0.2, -0.15) is 0 Å². The highest BCUT2D eigenvalue weighted by atomic mass is 32.1. The molecule has 0 bridgehead atoms. The molecule has 0 unspecified atom stereocenters. The first-order chi connectivity index (χ1) is 36.4. The van der Waals surface area contributed by atoms with E-state index in [-0.39, 0.29) is 72.0 Å². The number of nitrogens with one attached hydrogen (secondary N) is 3. The molecule has 10 rings (SSSR count). The van der Waals surface area contributed by atoms with Crippen LogP contribution in [-0.2, 0) is 25.7 Å². The lowest BCUT2D eigenvalue weighted by molar-refractivity contribution is -0.146. The van der Waals surface area contributed by atoms with E-state index in [1.807, 2.05) is 92.5 Å². The minimum atomic E-state index is -0.858. The lowest BCUT2D eigenvalue weighted by Gasteiger charge is -2.57. The van der Waals surface area contributed by atoms with Crippen molar-refractivity contribution < 1.29 is 34.1 Å². The second-order valence-corrected chi connectivity index (χ2v) is 24.6. The van der Waals surface area contributed by atoms with Crippen LogP contribution >= 0.6 is 11.3 Å². The normalized spacial score (nSPS) is 26.3. The maximum absolute atomic E-state index is 14.4. The third kappa shape index (κ3) is 11.1. The van der Waals surface area contributed by atoms with E-state index in [4.69, 9.17) is 4.74 Å². The summed E-state index contributed by atoms with van der Waals surface area (Å²) in [6.45, 7) is 15.6. The van der Waals surface area contributed by atoms with Crippen molar-refractivity contribution in [1.82, 2.24) is 45.4 Å². The van der Waals surface area contributed by atoms with Crippen molar-refractivity contribution in [1.29, 1.82) is 0 Å². The Labute approximate surface area is 451 Å². The zero-order valence-corrected chi connectivity index (χ0v) is 45.9. The Kier molecular flexibility index (Phi) is 15.4. The van der Waals surface area contributed by atoms with E-state index in [0.717, 1.165) is 91.8 Å². The molecule has 2 aromatic carbocycles. The van der Waals surface area contributed by atoms with Gasteiger partial charge < -0.3 is 55.4 Å². The summed E-state index contributed by atoms with van der Waals surface area (Å²) in [4.78, 5) is 72.1. The lowest BCUT2D eigenvalue weighted by atomic mass is 9.56. The van der Waals surface area contributed by atoms with E-state index in [1.165, 1.54) is 4.90 Å². The number of likely N-dealkylation sites (tertiary alicyclic amines) is 2. The molecule has 18 nitrogen and oxygen atoms in total. The number of aryl methyl sites for hydroxylation is 1. The number of rotatable bonds is 11. The number of phenols is 1. The van der Waals surface area contributed by atoms with Crippen molar-refractivity contribution in [2.24, 2.45) is 16.7 Å². The molecule has 6 fully saturated rings. The first kappa shape index (κ1) is 53.5.